The number of rotatable bonds is 9. The predicted octanol–water partition coefficient (Wildman–Crippen LogP) is 4.70. The number of likely N-dealkylation sites (tertiary alicyclic amines) is 1. The van der Waals surface area contributed by atoms with Gasteiger partial charge in [0.2, 0.25) is 5.91 Å². The third kappa shape index (κ3) is 8.07. The van der Waals surface area contributed by atoms with Gasteiger partial charge in [-0.2, -0.15) is 0 Å². The van der Waals surface area contributed by atoms with E-state index >= 15 is 0 Å². The summed E-state index contributed by atoms with van der Waals surface area (Å²) in [4.78, 5) is 13.9. The molecule has 1 saturated heterocycles. The Kier molecular flexibility index (Phi) is 9.48. The van der Waals surface area contributed by atoms with E-state index in [0.29, 0.717) is 12.3 Å². The summed E-state index contributed by atoms with van der Waals surface area (Å²) in [5, 5.41) is 0. The lowest BCUT2D eigenvalue weighted by Gasteiger charge is -2.26. The van der Waals surface area contributed by atoms with E-state index in [-0.39, 0.29) is 0 Å². The van der Waals surface area contributed by atoms with Crippen molar-refractivity contribution < 1.29 is 4.79 Å². The summed E-state index contributed by atoms with van der Waals surface area (Å²) < 4.78 is 0. The van der Waals surface area contributed by atoms with Crippen LogP contribution in [0.4, 0.5) is 0 Å². The van der Waals surface area contributed by atoms with Gasteiger partial charge in [0.25, 0.3) is 0 Å². The van der Waals surface area contributed by atoms with Crippen LogP contribution in [0.5, 0.6) is 0 Å². The molecule has 110 valence electrons. The molecule has 0 unspecified atom stereocenters. The number of unbranched alkanes of at least 4 members (excludes halogenated alkanes) is 6. The highest BCUT2D eigenvalue weighted by atomic mass is 16.2. The van der Waals surface area contributed by atoms with Crippen molar-refractivity contribution in [1.82, 2.24) is 4.90 Å². The fourth-order valence-corrected chi connectivity index (χ4v) is 2.62. The lowest BCUT2D eigenvalue weighted by Crippen LogP contribution is -2.35. The van der Waals surface area contributed by atoms with E-state index in [1.807, 2.05) is 4.90 Å². The monoisotopic (exact) mass is 265 g/mol. The predicted molar refractivity (Wildman–Crippen MR) is 82.2 cm³/mol. The van der Waals surface area contributed by atoms with Crippen molar-refractivity contribution in [2.75, 3.05) is 13.1 Å². The minimum absolute atomic E-state index is 0.318. The van der Waals surface area contributed by atoms with Crippen molar-refractivity contribution >= 4 is 5.91 Å². The zero-order valence-electron chi connectivity index (χ0n) is 12.7. The molecule has 1 aliphatic rings. The lowest BCUT2D eigenvalue weighted by molar-refractivity contribution is -0.131. The van der Waals surface area contributed by atoms with Crippen LogP contribution in [0.2, 0.25) is 0 Å². The Labute approximate surface area is 119 Å². The summed E-state index contributed by atoms with van der Waals surface area (Å²) in [6.45, 7) is 4.20. The van der Waals surface area contributed by atoms with Crippen LogP contribution in [0.25, 0.3) is 0 Å². The highest BCUT2D eigenvalue weighted by molar-refractivity contribution is 5.77. The molecule has 1 rings (SSSR count). The van der Waals surface area contributed by atoms with Gasteiger partial charge in [-0.1, -0.05) is 51.2 Å². The Morgan fingerprint density at radius 3 is 2.37 bits per heavy atom. The van der Waals surface area contributed by atoms with Crippen LogP contribution < -0.4 is 0 Å². The molecule has 2 nitrogen and oxygen atoms in total. The van der Waals surface area contributed by atoms with Gasteiger partial charge in [-0.05, 0) is 32.1 Å². The maximum absolute atomic E-state index is 11.9. The molecule has 1 aliphatic heterocycles. The first-order valence-corrected chi connectivity index (χ1v) is 8.27. The third-order valence-corrected chi connectivity index (χ3v) is 3.89. The Hall–Kier alpha value is -0.790. The third-order valence-electron chi connectivity index (χ3n) is 3.89. The van der Waals surface area contributed by atoms with Crippen LogP contribution in [0.15, 0.2) is 12.2 Å². The number of amides is 1. The maximum atomic E-state index is 11.9. The molecule has 0 aliphatic carbocycles. The number of carbonyl (C=O) groups excluding carboxylic acids is 1. The topological polar surface area (TPSA) is 20.3 Å². The molecule has 0 aromatic heterocycles. The molecule has 1 amide bonds. The van der Waals surface area contributed by atoms with Gasteiger partial charge in [-0.3, -0.25) is 4.79 Å². The molecule has 1 fully saturated rings. The number of hydrogen-bond donors (Lipinski definition) is 0. The largest absolute Gasteiger partial charge is 0.342 e. The minimum atomic E-state index is 0.318. The van der Waals surface area contributed by atoms with Crippen molar-refractivity contribution in [3.8, 4) is 0 Å². The Morgan fingerprint density at radius 1 is 0.947 bits per heavy atom. The van der Waals surface area contributed by atoms with Gasteiger partial charge in [0.15, 0.2) is 0 Å². The highest BCUT2D eigenvalue weighted by Crippen LogP contribution is 2.11. The molecule has 0 spiro atoms. The van der Waals surface area contributed by atoms with Crippen LogP contribution in [0.3, 0.4) is 0 Å². The second-order valence-electron chi connectivity index (χ2n) is 5.67. The smallest absolute Gasteiger partial charge is 0.226 e. The van der Waals surface area contributed by atoms with Crippen LogP contribution in [-0.4, -0.2) is 23.9 Å². The summed E-state index contributed by atoms with van der Waals surface area (Å²) in [6, 6.07) is 0. The maximum Gasteiger partial charge on any atom is 0.226 e. The molecule has 19 heavy (non-hydrogen) atoms. The van der Waals surface area contributed by atoms with Crippen LogP contribution in [-0.2, 0) is 4.79 Å². The number of piperidine rings is 1. The molecule has 0 aromatic carbocycles. The Morgan fingerprint density at radius 2 is 1.63 bits per heavy atom. The van der Waals surface area contributed by atoms with Crippen molar-refractivity contribution in [3.05, 3.63) is 12.2 Å². The molecule has 1 heterocycles. The van der Waals surface area contributed by atoms with E-state index in [9.17, 15) is 4.79 Å². The van der Waals surface area contributed by atoms with Gasteiger partial charge in [-0.15, -0.1) is 0 Å². The van der Waals surface area contributed by atoms with E-state index in [2.05, 4.69) is 19.1 Å². The molecule has 0 saturated carbocycles. The van der Waals surface area contributed by atoms with Gasteiger partial charge < -0.3 is 4.90 Å². The quantitative estimate of drug-likeness (QED) is 0.437. The SMILES string of the molecule is CCCCCCCCC=CCC(=O)N1CCCCC1. The number of carbonyl (C=O) groups is 1. The number of allylic oxidation sites excluding steroid dienone is 1. The van der Waals surface area contributed by atoms with Gasteiger partial charge in [0, 0.05) is 19.5 Å². The Balaban J connectivity index is 1.95. The average molecular weight is 265 g/mol. The lowest BCUT2D eigenvalue weighted by atomic mass is 10.1. The van der Waals surface area contributed by atoms with Gasteiger partial charge in [0.05, 0.1) is 0 Å². The fraction of sp³-hybridized carbons (Fsp3) is 0.824. The summed E-state index contributed by atoms with van der Waals surface area (Å²) in [7, 11) is 0. The molecule has 2 heteroatoms. The molecule has 0 radical (unpaired) electrons. The van der Waals surface area contributed by atoms with Crippen molar-refractivity contribution in [2.45, 2.75) is 77.6 Å². The summed E-state index contributed by atoms with van der Waals surface area (Å²) in [5.41, 5.74) is 0. The summed E-state index contributed by atoms with van der Waals surface area (Å²) >= 11 is 0. The van der Waals surface area contributed by atoms with E-state index < -0.39 is 0 Å². The molecular formula is C17H31NO. The van der Waals surface area contributed by atoms with E-state index in [1.165, 1.54) is 57.8 Å². The van der Waals surface area contributed by atoms with Crippen LogP contribution in [0.1, 0.15) is 77.6 Å². The first-order chi connectivity index (χ1) is 9.34. The molecule has 0 N–H and O–H groups in total. The molecular weight excluding hydrogens is 234 g/mol. The highest BCUT2D eigenvalue weighted by Gasteiger charge is 2.14. The van der Waals surface area contributed by atoms with Crippen LogP contribution >= 0.6 is 0 Å². The van der Waals surface area contributed by atoms with Gasteiger partial charge in [-0.25, -0.2) is 0 Å². The van der Waals surface area contributed by atoms with E-state index in [1.54, 1.807) is 0 Å². The van der Waals surface area contributed by atoms with Gasteiger partial charge >= 0.3 is 0 Å². The number of nitrogens with zero attached hydrogens (tertiary/aromatic N) is 1. The average Bonchev–Trinajstić information content (AvgIpc) is 2.46. The molecule has 0 atom stereocenters. The zero-order chi connectivity index (χ0) is 13.8. The summed E-state index contributed by atoms with van der Waals surface area (Å²) in [6.07, 6.45) is 17.7. The second kappa shape index (κ2) is 11.1. The van der Waals surface area contributed by atoms with E-state index in [0.717, 1.165) is 19.5 Å². The first kappa shape index (κ1) is 16.3. The van der Waals surface area contributed by atoms with Crippen molar-refractivity contribution in [3.63, 3.8) is 0 Å². The Bertz CT molecular complexity index is 254. The molecule has 0 aromatic rings. The molecule has 0 bridgehead atoms. The minimum Gasteiger partial charge on any atom is -0.342 e. The summed E-state index contributed by atoms with van der Waals surface area (Å²) in [5.74, 6) is 0.318. The zero-order valence-corrected chi connectivity index (χ0v) is 12.7. The normalized spacial score (nSPS) is 16.2. The van der Waals surface area contributed by atoms with Crippen molar-refractivity contribution in [2.24, 2.45) is 0 Å². The first-order valence-electron chi connectivity index (χ1n) is 8.27. The standard InChI is InChI=1S/C17H31NO/c1-2-3-4-5-6-7-8-9-11-14-17(19)18-15-12-10-13-16-18/h9,11H,2-8,10,12-16H2,1H3. The van der Waals surface area contributed by atoms with E-state index in [4.69, 9.17) is 0 Å². The second-order valence-corrected chi connectivity index (χ2v) is 5.67. The van der Waals surface area contributed by atoms with Crippen molar-refractivity contribution in [1.29, 1.82) is 0 Å². The fourth-order valence-electron chi connectivity index (χ4n) is 2.62. The number of hydrogen-bond acceptors (Lipinski definition) is 1. The van der Waals surface area contributed by atoms with Crippen LogP contribution in [0, 0.1) is 0 Å². The van der Waals surface area contributed by atoms with Gasteiger partial charge in [0.1, 0.15) is 0 Å².